The van der Waals surface area contributed by atoms with E-state index in [1.807, 2.05) is 0 Å². The minimum absolute atomic E-state index is 0.271. The Morgan fingerprint density at radius 2 is 2.00 bits per heavy atom. The molecule has 0 bridgehead atoms. The van der Waals surface area contributed by atoms with Crippen LogP contribution in [0.1, 0.15) is 45.4 Å². The van der Waals surface area contributed by atoms with Crippen molar-refractivity contribution in [1.29, 1.82) is 0 Å². The monoisotopic (exact) mass is 318 g/mol. The highest BCUT2D eigenvalue weighted by atomic mass is 16.3. The van der Waals surface area contributed by atoms with E-state index in [2.05, 4.69) is 33.2 Å². The van der Waals surface area contributed by atoms with Gasteiger partial charge in [0.25, 0.3) is 0 Å². The molecule has 1 aromatic heterocycles. The first-order valence-corrected chi connectivity index (χ1v) is 9.16. The molecular formula is C18H30N4O. The molecule has 1 aliphatic heterocycles. The van der Waals surface area contributed by atoms with Crippen molar-refractivity contribution in [3.63, 3.8) is 0 Å². The molecule has 1 aromatic rings. The number of hydrogen-bond donors (Lipinski definition) is 2. The second-order valence-corrected chi connectivity index (χ2v) is 7.41. The summed E-state index contributed by atoms with van der Waals surface area (Å²) in [4.78, 5) is 11.1. The summed E-state index contributed by atoms with van der Waals surface area (Å²) in [5.41, 5.74) is 0. The van der Waals surface area contributed by atoms with Crippen molar-refractivity contribution >= 4 is 11.6 Å². The van der Waals surface area contributed by atoms with E-state index < -0.39 is 0 Å². The Balaban J connectivity index is 1.54. The summed E-state index contributed by atoms with van der Waals surface area (Å²) in [5, 5.41) is 12.9. The fourth-order valence-corrected chi connectivity index (χ4v) is 3.82. The van der Waals surface area contributed by atoms with Gasteiger partial charge in [0.2, 0.25) is 0 Å². The standard InChI is InChI=1S/C18H30N4O/c1-14-4-6-15(7-5-14)10-19-17-9-18(21-13-20-17)22-8-2-3-16(11-22)12-23/h9,13-16,23H,2-8,10-12H2,1H3,(H,19,20,21). The number of nitrogens with one attached hydrogen (secondary N) is 1. The van der Waals surface area contributed by atoms with Crippen LogP contribution in [-0.4, -0.2) is 41.3 Å². The van der Waals surface area contributed by atoms with Crippen molar-refractivity contribution in [1.82, 2.24) is 9.97 Å². The average Bonchev–Trinajstić information content (AvgIpc) is 2.61. The Bertz CT molecular complexity index is 488. The number of anilines is 2. The molecule has 128 valence electrons. The molecule has 3 rings (SSSR count). The maximum absolute atomic E-state index is 9.39. The summed E-state index contributed by atoms with van der Waals surface area (Å²) >= 11 is 0. The number of aromatic nitrogens is 2. The smallest absolute Gasteiger partial charge is 0.134 e. The van der Waals surface area contributed by atoms with E-state index in [9.17, 15) is 5.11 Å². The summed E-state index contributed by atoms with van der Waals surface area (Å²) in [6.45, 7) is 5.56. The van der Waals surface area contributed by atoms with Crippen molar-refractivity contribution in [3.05, 3.63) is 12.4 Å². The van der Waals surface area contributed by atoms with E-state index in [4.69, 9.17) is 0 Å². The molecule has 2 heterocycles. The quantitative estimate of drug-likeness (QED) is 0.874. The number of piperidine rings is 1. The molecule has 5 nitrogen and oxygen atoms in total. The van der Waals surface area contributed by atoms with Crippen molar-refractivity contribution in [3.8, 4) is 0 Å². The Hall–Kier alpha value is -1.36. The molecule has 1 aliphatic carbocycles. The molecule has 0 radical (unpaired) electrons. The second-order valence-electron chi connectivity index (χ2n) is 7.41. The molecule has 1 saturated heterocycles. The van der Waals surface area contributed by atoms with E-state index >= 15 is 0 Å². The third-order valence-corrected chi connectivity index (χ3v) is 5.46. The van der Waals surface area contributed by atoms with Crippen molar-refractivity contribution in [2.24, 2.45) is 17.8 Å². The third-order valence-electron chi connectivity index (χ3n) is 5.46. The zero-order chi connectivity index (χ0) is 16.1. The van der Waals surface area contributed by atoms with Gasteiger partial charge in [0, 0.05) is 32.3 Å². The summed E-state index contributed by atoms with van der Waals surface area (Å²) in [7, 11) is 0. The number of rotatable bonds is 5. The van der Waals surface area contributed by atoms with Gasteiger partial charge in [-0.2, -0.15) is 0 Å². The number of aliphatic hydroxyl groups is 1. The zero-order valence-corrected chi connectivity index (χ0v) is 14.2. The molecule has 0 aromatic carbocycles. The Kier molecular flexibility index (Phi) is 5.70. The molecule has 1 unspecified atom stereocenters. The van der Waals surface area contributed by atoms with Crippen LogP contribution in [0.5, 0.6) is 0 Å². The lowest BCUT2D eigenvalue weighted by Gasteiger charge is -2.32. The predicted octanol–water partition coefficient (Wildman–Crippen LogP) is 2.92. The maximum Gasteiger partial charge on any atom is 0.134 e. The molecule has 23 heavy (non-hydrogen) atoms. The first-order chi connectivity index (χ1) is 11.2. The lowest BCUT2D eigenvalue weighted by atomic mass is 9.83. The van der Waals surface area contributed by atoms with Crippen LogP contribution in [0.15, 0.2) is 12.4 Å². The van der Waals surface area contributed by atoms with Gasteiger partial charge in [0.15, 0.2) is 0 Å². The first-order valence-electron chi connectivity index (χ1n) is 9.16. The Morgan fingerprint density at radius 3 is 2.78 bits per heavy atom. The molecule has 2 aliphatic rings. The normalized spacial score (nSPS) is 28.6. The highest BCUT2D eigenvalue weighted by Gasteiger charge is 2.21. The molecular weight excluding hydrogens is 288 g/mol. The van der Waals surface area contributed by atoms with Crippen LogP contribution in [0.25, 0.3) is 0 Å². The molecule has 2 N–H and O–H groups in total. The largest absolute Gasteiger partial charge is 0.396 e. The van der Waals surface area contributed by atoms with Gasteiger partial charge in [-0.25, -0.2) is 9.97 Å². The lowest BCUT2D eigenvalue weighted by molar-refractivity contribution is 0.208. The summed E-state index contributed by atoms with van der Waals surface area (Å²) in [6, 6.07) is 2.06. The van der Waals surface area contributed by atoms with Crippen LogP contribution in [-0.2, 0) is 0 Å². The molecule has 5 heteroatoms. The Morgan fingerprint density at radius 1 is 1.17 bits per heavy atom. The van der Waals surface area contributed by atoms with Crippen molar-refractivity contribution in [2.75, 3.05) is 36.5 Å². The van der Waals surface area contributed by atoms with Crippen LogP contribution in [0.4, 0.5) is 11.6 Å². The minimum Gasteiger partial charge on any atom is -0.396 e. The molecule has 0 amide bonds. The zero-order valence-electron chi connectivity index (χ0n) is 14.2. The van der Waals surface area contributed by atoms with E-state index in [0.29, 0.717) is 5.92 Å². The predicted molar refractivity (Wildman–Crippen MR) is 93.7 cm³/mol. The van der Waals surface area contributed by atoms with Crippen LogP contribution < -0.4 is 10.2 Å². The Labute approximate surface area is 139 Å². The maximum atomic E-state index is 9.39. The van der Waals surface area contributed by atoms with E-state index in [1.165, 1.54) is 25.7 Å². The van der Waals surface area contributed by atoms with Gasteiger partial charge in [-0.3, -0.25) is 0 Å². The van der Waals surface area contributed by atoms with Gasteiger partial charge >= 0.3 is 0 Å². The lowest BCUT2D eigenvalue weighted by Crippen LogP contribution is -2.37. The highest BCUT2D eigenvalue weighted by molar-refractivity contribution is 5.48. The number of hydrogen-bond acceptors (Lipinski definition) is 5. The summed E-state index contributed by atoms with van der Waals surface area (Å²) in [6.07, 6.45) is 9.27. The topological polar surface area (TPSA) is 61.3 Å². The number of nitrogens with zero attached hydrogens (tertiary/aromatic N) is 3. The highest BCUT2D eigenvalue weighted by Crippen LogP contribution is 2.28. The SMILES string of the molecule is CC1CCC(CNc2cc(N3CCCC(CO)C3)ncn2)CC1. The summed E-state index contributed by atoms with van der Waals surface area (Å²) in [5.74, 6) is 3.96. The fourth-order valence-electron chi connectivity index (χ4n) is 3.82. The van der Waals surface area contributed by atoms with Crippen molar-refractivity contribution < 1.29 is 5.11 Å². The average molecular weight is 318 g/mol. The van der Waals surface area contributed by atoms with Gasteiger partial charge in [0.05, 0.1) is 0 Å². The first kappa shape index (κ1) is 16.5. The minimum atomic E-state index is 0.271. The number of aliphatic hydroxyl groups excluding tert-OH is 1. The third kappa shape index (κ3) is 4.56. The molecule has 1 saturated carbocycles. The molecule has 2 fully saturated rings. The van der Waals surface area contributed by atoms with Gasteiger partial charge in [-0.1, -0.05) is 19.8 Å². The van der Waals surface area contributed by atoms with Crippen LogP contribution >= 0.6 is 0 Å². The fraction of sp³-hybridized carbons (Fsp3) is 0.778. The van der Waals surface area contributed by atoms with Gasteiger partial charge < -0.3 is 15.3 Å². The van der Waals surface area contributed by atoms with Gasteiger partial charge in [-0.15, -0.1) is 0 Å². The van der Waals surface area contributed by atoms with E-state index in [-0.39, 0.29) is 6.61 Å². The molecule has 0 spiro atoms. The van der Waals surface area contributed by atoms with E-state index in [0.717, 1.165) is 55.9 Å². The van der Waals surface area contributed by atoms with Crippen LogP contribution in [0.2, 0.25) is 0 Å². The van der Waals surface area contributed by atoms with Crippen LogP contribution in [0, 0.1) is 17.8 Å². The molecule has 1 atom stereocenters. The second kappa shape index (κ2) is 7.95. The van der Waals surface area contributed by atoms with Gasteiger partial charge in [-0.05, 0) is 43.4 Å². The van der Waals surface area contributed by atoms with Crippen LogP contribution in [0.3, 0.4) is 0 Å². The van der Waals surface area contributed by atoms with Gasteiger partial charge in [0.1, 0.15) is 18.0 Å². The summed E-state index contributed by atoms with van der Waals surface area (Å²) < 4.78 is 0. The van der Waals surface area contributed by atoms with Crippen molar-refractivity contribution in [2.45, 2.75) is 45.4 Å². The van der Waals surface area contributed by atoms with E-state index in [1.54, 1.807) is 6.33 Å².